The van der Waals surface area contributed by atoms with Crippen molar-refractivity contribution in [3.8, 4) is 16.2 Å². The Hall–Kier alpha value is -2.70. The van der Waals surface area contributed by atoms with Crippen molar-refractivity contribution in [2.75, 3.05) is 13.2 Å². The van der Waals surface area contributed by atoms with Crippen LogP contribution in [-0.4, -0.2) is 35.0 Å². The van der Waals surface area contributed by atoms with E-state index in [1.165, 1.54) is 0 Å². The monoisotopic (exact) mass is 406 g/mol. The van der Waals surface area contributed by atoms with E-state index in [1.54, 1.807) is 17.5 Å². The molecule has 1 saturated heterocycles. The number of fused-ring (bicyclic) bond motifs is 3. The lowest BCUT2D eigenvalue weighted by Gasteiger charge is -2.25. The van der Waals surface area contributed by atoms with Gasteiger partial charge in [0.05, 0.1) is 11.0 Å². The van der Waals surface area contributed by atoms with Crippen LogP contribution in [0.2, 0.25) is 0 Å². The van der Waals surface area contributed by atoms with Gasteiger partial charge in [0.1, 0.15) is 12.4 Å². The molecule has 4 heterocycles. The van der Waals surface area contributed by atoms with Crippen molar-refractivity contribution in [3.05, 3.63) is 70.9 Å². The number of carbonyl (C=O) groups excluding carboxylic acids is 1. The van der Waals surface area contributed by atoms with Gasteiger partial charge in [-0.05, 0) is 42.7 Å². The van der Waals surface area contributed by atoms with Gasteiger partial charge in [-0.1, -0.05) is 18.2 Å². The second-order valence-electron chi connectivity index (χ2n) is 7.43. The van der Waals surface area contributed by atoms with E-state index in [2.05, 4.69) is 11.1 Å². The van der Waals surface area contributed by atoms with E-state index < -0.39 is 0 Å². The first-order valence-corrected chi connectivity index (χ1v) is 10.7. The van der Waals surface area contributed by atoms with Gasteiger partial charge in [-0.2, -0.15) is 0 Å². The van der Waals surface area contributed by atoms with Crippen LogP contribution in [0.4, 0.5) is 0 Å². The predicted octanol–water partition coefficient (Wildman–Crippen LogP) is 4.52. The van der Waals surface area contributed by atoms with Gasteiger partial charge in [0.2, 0.25) is 0 Å². The Balaban J connectivity index is 1.44. The third-order valence-electron chi connectivity index (χ3n) is 5.37. The van der Waals surface area contributed by atoms with Gasteiger partial charge in [0.15, 0.2) is 0 Å². The topological polar surface area (TPSA) is 51.7 Å². The third-order valence-corrected chi connectivity index (χ3v) is 6.56. The highest BCUT2D eigenvalue weighted by molar-refractivity contribution is 7.17. The molecule has 6 heteroatoms. The summed E-state index contributed by atoms with van der Waals surface area (Å²) in [6.45, 7) is 2.41. The Labute approximate surface area is 173 Å². The molecule has 29 heavy (non-hydrogen) atoms. The minimum atomic E-state index is 0.0428. The van der Waals surface area contributed by atoms with Gasteiger partial charge in [-0.25, -0.2) is 0 Å². The van der Waals surface area contributed by atoms with Gasteiger partial charge in [0.25, 0.3) is 5.91 Å². The summed E-state index contributed by atoms with van der Waals surface area (Å²) < 4.78 is 11.7. The molecule has 1 amide bonds. The highest BCUT2D eigenvalue weighted by atomic mass is 32.1. The summed E-state index contributed by atoms with van der Waals surface area (Å²) in [4.78, 5) is 21.5. The minimum Gasteiger partial charge on any atom is -0.488 e. The summed E-state index contributed by atoms with van der Waals surface area (Å²) >= 11 is 1.56. The van der Waals surface area contributed by atoms with E-state index in [-0.39, 0.29) is 12.0 Å². The van der Waals surface area contributed by atoms with E-state index in [9.17, 15) is 4.79 Å². The summed E-state index contributed by atoms with van der Waals surface area (Å²) in [7, 11) is 0. The Kier molecular flexibility index (Phi) is 5.04. The molecule has 2 aromatic heterocycles. The van der Waals surface area contributed by atoms with Crippen LogP contribution < -0.4 is 4.74 Å². The fourth-order valence-corrected chi connectivity index (χ4v) is 5.09. The number of pyridine rings is 1. The van der Waals surface area contributed by atoms with Crippen molar-refractivity contribution < 1.29 is 14.3 Å². The standard InChI is InChI=1S/C23H22N2O3S/c26-23(21-11-17-15-28-20-8-2-1-7-19(20)22(17)29-21)25(14-18-6-4-10-27-18)13-16-5-3-9-24-12-16/h1-3,5,7-9,11-12,18H,4,6,10,13-15H2. The van der Waals surface area contributed by atoms with E-state index in [1.807, 2.05) is 47.5 Å². The molecule has 0 radical (unpaired) electrons. The molecule has 0 aliphatic carbocycles. The number of amides is 1. The quantitative estimate of drug-likeness (QED) is 0.625. The van der Waals surface area contributed by atoms with Crippen molar-refractivity contribution >= 4 is 17.2 Å². The van der Waals surface area contributed by atoms with E-state index in [4.69, 9.17) is 9.47 Å². The first kappa shape index (κ1) is 18.3. The number of hydrogen-bond donors (Lipinski definition) is 0. The second kappa shape index (κ2) is 7.97. The smallest absolute Gasteiger partial charge is 0.264 e. The molecule has 0 saturated carbocycles. The normalized spacial score (nSPS) is 17.3. The number of aromatic nitrogens is 1. The van der Waals surface area contributed by atoms with Crippen LogP contribution in [0.25, 0.3) is 10.4 Å². The van der Waals surface area contributed by atoms with Gasteiger partial charge in [0, 0.05) is 48.1 Å². The lowest BCUT2D eigenvalue weighted by Crippen LogP contribution is -2.36. The number of thiophene rings is 1. The summed E-state index contributed by atoms with van der Waals surface area (Å²) in [6, 6.07) is 13.9. The zero-order valence-electron chi connectivity index (χ0n) is 16.0. The molecule has 0 N–H and O–H groups in total. The Morgan fingerprint density at radius 2 is 2.17 bits per heavy atom. The van der Waals surface area contributed by atoms with Crippen LogP contribution >= 0.6 is 11.3 Å². The number of hydrogen-bond acceptors (Lipinski definition) is 5. The number of carbonyl (C=O) groups is 1. The summed E-state index contributed by atoms with van der Waals surface area (Å²) in [5.74, 6) is 0.925. The van der Waals surface area contributed by atoms with Crippen molar-refractivity contribution in [2.45, 2.75) is 32.1 Å². The van der Waals surface area contributed by atoms with Crippen LogP contribution in [0.15, 0.2) is 54.9 Å². The van der Waals surface area contributed by atoms with E-state index in [0.717, 1.165) is 51.6 Å². The fourth-order valence-electron chi connectivity index (χ4n) is 3.93. The predicted molar refractivity (Wildman–Crippen MR) is 112 cm³/mol. The van der Waals surface area contributed by atoms with Crippen molar-refractivity contribution in [3.63, 3.8) is 0 Å². The Morgan fingerprint density at radius 3 is 3.00 bits per heavy atom. The van der Waals surface area contributed by atoms with Crippen molar-refractivity contribution in [1.29, 1.82) is 0 Å². The third kappa shape index (κ3) is 3.78. The molecule has 3 aromatic rings. The first-order chi connectivity index (χ1) is 14.3. The van der Waals surface area contributed by atoms with Crippen LogP contribution in [0.1, 0.15) is 33.6 Å². The molecular formula is C23H22N2O3S. The lowest BCUT2D eigenvalue weighted by atomic mass is 10.1. The minimum absolute atomic E-state index is 0.0428. The molecule has 0 bridgehead atoms. The Bertz CT molecular complexity index is 1010. The van der Waals surface area contributed by atoms with Crippen LogP contribution in [0.5, 0.6) is 5.75 Å². The molecule has 2 aliphatic rings. The molecule has 2 aliphatic heterocycles. The highest BCUT2D eigenvalue weighted by Crippen LogP contribution is 2.42. The van der Waals surface area contributed by atoms with Crippen molar-refractivity contribution in [2.24, 2.45) is 0 Å². The fraction of sp³-hybridized carbons (Fsp3) is 0.304. The van der Waals surface area contributed by atoms with Gasteiger partial charge >= 0.3 is 0 Å². The molecule has 5 nitrogen and oxygen atoms in total. The molecular weight excluding hydrogens is 384 g/mol. The largest absolute Gasteiger partial charge is 0.488 e. The highest BCUT2D eigenvalue weighted by Gasteiger charge is 2.27. The molecule has 1 aromatic carbocycles. The lowest BCUT2D eigenvalue weighted by molar-refractivity contribution is 0.0510. The maximum Gasteiger partial charge on any atom is 0.264 e. The average molecular weight is 407 g/mol. The van der Waals surface area contributed by atoms with Gasteiger partial charge < -0.3 is 14.4 Å². The van der Waals surface area contributed by atoms with E-state index >= 15 is 0 Å². The molecule has 1 unspecified atom stereocenters. The molecule has 1 fully saturated rings. The van der Waals surface area contributed by atoms with Crippen LogP contribution in [0.3, 0.4) is 0 Å². The average Bonchev–Trinajstić information content (AvgIpc) is 3.43. The maximum atomic E-state index is 13.5. The number of benzene rings is 1. The zero-order chi connectivity index (χ0) is 19.6. The summed E-state index contributed by atoms with van der Waals surface area (Å²) in [5, 5.41) is 0. The van der Waals surface area contributed by atoms with Crippen LogP contribution in [-0.2, 0) is 17.9 Å². The number of nitrogens with zero attached hydrogens (tertiary/aromatic N) is 2. The SMILES string of the molecule is O=C(c1cc2c(s1)-c1ccccc1OC2)N(Cc1cccnc1)CC1CCCO1. The van der Waals surface area contributed by atoms with Crippen molar-refractivity contribution in [1.82, 2.24) is 9.88 Å². The summed E-state index contributed by atoms with van der Waals surface area (Å²) in [6.07, 6.45) is 5.73. The van der Waals surface area contributed by atoms with Gasteiger partial charge in [-0.15, -0.1) is 11.3 Å². The second-order valence-corrected chi connectivity index (χ2v) is 8.48. The Morgan fingerprint density at radius 1 is 1.24 bits per heavy atom. The zero-order valence-corrected chi connectivity index (χ0v) is 16.9. The molecule has 1 atom stereocenters. The number of ether oxygens (including phenoxy) is 2. The summed E-state index contributed by atoms with van der Waals surface area (Å²) in [5.41, 5.74) is 3.17. The number of rotatable bonds is 5. The van der Waals surface area contributed by atoms with Gasteiger partial charge in [-0.3, -0.25) is 9.78 Å². The molecule has 148 valence electrons. The number of para-hydroxylation sites is 1. The maximum absolute atomic E-state index is 13.5. The first-order valence-electron chi connectivity index (χ1n) is 9.92. The van der Waals surface area contributed by atoms with E-state index in [0.29, 0.717) is 19.7 Å². The van der Waals surface area contributed by atoms with Crippen LogP contribution in [0, 0.1) is 0 Å². The molecule has 0 spiro atoms. The molecule has 5 rings (SSSR count).